The van der Waals surface area contributed by atoms with E-state index in [9.17, 15) is 14.7 Å². The lowest BCUT2D eigenvalue weighted by molar-refractivity contribution is -0.138. The summed E-state index contributed by atoms with van der Waals surface area (Å²) >= 11 is 0. The van der Waals surface area contributed by atoms with Crippen molar-refractivity contribution in [3.8, 4) is 5.75 Å². The summed E-state index contributed by atoms with van der Waals surface area (Å²) in [4.78, 5) is 26.2. The fourth-order valence-corrected chi connectivity index (χ4v) is 2.63. The normalized spacial score (nSPS) is 15.1. The summed E-state index contributed by atoms with van der Waals surface area (Å²) in [7, 11) is 0. The minimum atomic E-state index is -0.595. The molecule has 1 heterocycles. The Bertz CT molecular complexity index is 670. The highest BCUT2D eigenvalue weighted by Gasteiger charge is 2.30. The van der Waals surface area contributed by atoms with Crippen LogP contribution in [0.4, 0.5) is 4.79 Å². The van der Waals surface area contributed by atoms with E-state index >= 15 is 0 Å². The molecule has 1 amide bonds. The fourth-order valence-electron chi connectivity index (χ4n) is 2.63. The molecular formula is C19H25NO5. The molecule has 2 rings (SSSR count). The Labute approximate surface area is 148 Å². The van der Waals surface area contributed by atoms with Gasteiger partial charge in [-0.1, -0.05) is 12.1 Å². The van der Waals surface area contributed by atoms with Crippen LogP contribution in [0.2, 0.25) is 0 Å². The van der Waals surface area contributed by atoms with E-state index in [1.54, 1.807) is 52.0 Å². The number of ether oxygens (including phenoxy) is 2. The van der Waals surface area contributed by atoms with Crippen LogP contribution in [-0.4, -0.2) is 47.4 Å². The SMILES string of the molecule is CCOC(=O)C1=C(c2ccc(O)cc2)CCN(C(=O)OC(C)(C)C)C1. The van der Waals surface area contributed by atoms with Crippen molar-refractivity contribution in [2.45, 2.75) is 39.7 Å². The van der Waals surface area contributed by atoms with Crippen molar-refractivity contribution >= 4 is 17.6 Å². The number of hydrogen-bond acceptors (Lipinski definition) is 5. The third-order valence-electron chi connectivity index (χ3n) is 3.73. The zero-order chi connectivity index (χ0) is 18.6. The predicted octanol–water partition coefficient (Wildman–Crippen LogP) is 3.35. The summed E-state index contributed by atoms with van der Waals surface area (Å²) in [6.07, 6.45) is 0.0667. The van der Waals surface area contributed by atoms with Crippen LogP contribution in [0.15, 0.2) is 29.8 Å². The summed E-state index contributed by atoms with van der Waals surface area (Å²) in [5.74, 6) is -0.271. The number of carbonyl (C=O) groups excluding carboxylic acids is 2. The molecule has 0 unspecified atom stereocenters. The van der Waals surface area contributed by atoms with Crippen molar-refractivity contribution in [1.29, 1.82) is 0 Å². The van der Waals surface area contributed by atoms with Gasteiger partial charge >= 0.3 is 12.1 Å². The summed E-state index contributed by atoms with van der Waals surface area (Å²) in [6.45, 7) is 8.01. The van der Waals surface area contributed by atoms with Gasteiger partial charge in [-0.25, -0.2) is 9.59 Å². The molecule has 0 aromatic heterocycles. The van der Waals surface area contributed by atoms with Crippen molar-refractivity contribution in [1.82, 2.24) is 4.90 Å². The Balaban J connectivity index is 2.31. The molecule has 0 saturated carbocycles. The molecular weight excluding hydrogens is 322 g/mol. The van der Waals surface area contributed by atoms with Gasteiger partial charge in [0.05, 0.1) is 18.7 Å². The van der Waals surface area contributed by atoms with Crippen LogP contribution >= 0.6 is 0 Å². The standard InChI is InChI=1S/C19H25NO5/c1-5-24-17(22)16-12-20(18(23)25-19(2,3)4)11-10-15(16)13-6-8-14(21)9-7-13/h6-9,21H,5,10-12H2,1-4H3. The Hall–Kier alpha value is -2.50. The number of nitrogens with zero attached hydrogens (tertiary/aromatic N) is 1. The number of aromatic hydroxyl groups is 1. The van der Waals surface area contributed by atoms with Gasteiger partial charge in [0.15, 0.2) is 0 Å². The van der Waals surface area contributed by atoms with Gasteiger partial charge in [0.1, 0.15) is 11.4 Å². The number of rotatable bonds is 3. The molecule has 1 aliphatic heterocycles. The van der Waals surface area contributed by atoms with E-state index in [0.717, 1.165) is 11.1 Å². The molecule has 0 saturated heterocycles. The molecule has 1 aromatic rings. The van der Waals surface area contributed by atoms with Crippen molar-refractivity contribution in [2.24, 2.45) is 0 Å². The number of amides is 1. The molecule has 1 N–H and O–H groups in total. The summed E-state index contributed by atoms with van der Waals surface area (Å²) < 4.78 is 10.6. The maximum Gasteiger partial charge on any atom is 0.410 e. The lowest BCUT2D eigenvalue weighted by atomic mass is 9.93. The highest BCUT2D eigenvalue weighted by atomic mass is 16.6. The average molecular weight is 347 g/mol. The summed E-state index contributed by atoms with van der Waals surface area (Å²) in [6, 6.07) is 6.66. The van der Waals surface area contributed by atoms with Crippen LogP contribution in [0.25, 0.3) is 5.57 Å². The third-order valence-corrected chi connectivity index (χ3v) is 3.73. The van der Waals surface area contributed by atoms with Gasteiger partial charge < -0.3 is 19.5 Å². The first-order chi connectivity index (χ1) is 11.7. The minimum absolute atomic E-state index is 0.143. The number of phenols is 1. The smallest absolute Gasteiger partial charge is 0.410 e. The van der Waals surface area contributed by atoms with E-state index in [4.69, 9.17) is 9.47 Å². The second kappa shape index (κ2) is 7.59. The molecule has 1 aromatic carbocycles. The van der Waals surface area contributed by atoms with Crippen molar-refractivity contribution < 1.29 is 24.2 Å². The molecule has 25 heavy (non-hydrogen) atoms. The quantitative estimate of drug-likeness (QED) is 0.849. The first-order valence-corrected chi connectivity index (χ1v) is 8.37. The topological polar surface area (TPSA) is 76.1 Å². The van der Waals surface area contributed by atoms with Gasteiger partial charge in [0, 0.05) is 6.54 Å². The molecule has 0 fully saturated rings. The Morgan fingerprint density at radius 2 is 1.84 bits per heavy atom. The van der Waals surface area contributed by atoms with Crippen molar-refractivity contribution in [2.75, 3.05) is 19.7 Å². The molecule has 0 radical (unpaired) electrons. The average Bonchev–Trinajstić information content (AvgIpc) is 2.54. The molecule has 6 heteroatoms. The van der Waals surface area contributed by atoms with Gasteiger partial charge in [-0.3, -0.25) is 0 Å². The van der Waals surface area contributed by atoms with E-state index in [1.807, 2.05) is 0 Å². The number of benzene rings is 1. The second-order valence-electron chi connectivity index (χ2n) is 6.88. The van der Waals surface area contributed by atoms with Crippen molar-refractivity contribution in [3.63, 3.8) is 0 Å². The monoisotopic (exact) mass is 347 g/mol. The van der Waals surface area contributed by atoms with Gasteiger partial charge in [0.2, 0.25) is 0 Å². The van der Waals surface area contributed by atoms with Crippen LogP contribution in [-0.2, 0) is 14.3 Å². The largest absolute Gasteiger partial charge is 0.508 e. The maximum absolute atomic E-state index is 12.4. The molecule has 0 bridgehead atoms. The summed E-state index contributed by atoms with van der Waals surface area (Å²) in [5.41, 5.74) is 1.52. The van der Waals surface area contributed by atoms with Crippen LogP contribution in [0.1, 0.15) is 39.7 Å². The molecule has 0 aliphatic carbocycles. The molecule has 6 nitrogen and oxygen atoms in total. The number of carbonyl (C=O) groups is 2. The van der Waals surface area contributed by atoms with Crippen LogP contribution < -0.4 is 0 Å². The highest BCUT2D eigenvalue weighted by molar-refractivity contribution is 5.99. The molecule has 0 atom stereocenters. The minimum Gasteiger partial charge on any atom is -0.508 e. The van der Waals surface area contributed by atoms with E-state index < -0.39 is 17.7 Å². The number of phenolic OH excluding ortho intramolecular Hbond substituents is 1. The first kappa shape index (κ1) is 18.8. The Morgan fingerprint density at radius 3 is 2.40 bits per heavy atom. The first-order valence-electron chi connectivity index (χ1n) is 8.37. The van der Waals surface area contributed by atoms with Crippen molar-refractivity contribution in [3.05, 3.63) is 35.4 Å². The van der Waals surface area contributed by atoms with Crippen LogP contribution in [0.5, 0.6) is 5.75 Å². The Kier molecular flexibility index (Phi) is 5.72. The van der Waals surface area contributed by atoms with Gasteiger partial charge in [0.25, 0.3) is 0 Å². The molecule has 1 aliphatic rings. The maximum atomic E-state index is 12.4. The van der Waals surface area contributed by atoms with Crippen LogP contribution in [0.3, 0.4) is 0 Å². The zero-order valence-corrected chi connectivity index (χ0v) is 15.2. The van der Waals surface area contributed by atoms with Crippen LogP contribution in [0, 0.1) is 0 Å². The fraction of sp³-hybridized carbons (Fsp3) is 0.474. The summed E-state index contributed by atoms with van der Waals surface area (Å²) in [5, 5.41) is 9.46. The predicted molar refractivity (Wildman–Crippen MR) is 94.1 cm³/mol. The van der Waals surface area contributed by atoms with E-state index in [-0.39, 0.29) is 18.9 Å². The lowest BCUT2D eigenvalue weighted by Gasteiger charge is -2.32. The van der Waals surface area contributed by atoms with Gasteiger partial charge in [-0.15, -0.1) is 0 Å². The molecule has 0 spiro atoms. The van der Waals surface area contributed by atoms with E-state index in [0.29, 0.717) is 18.5 Å². The molecule has 136 valence electrons. The second-order valence-corrected chi connectivity index (χ2v) is 6.88. The highest BCUT2D eigenvalue weighted by Crippen LogP contribution is 2.30. The van der Waals surface area contributed by atoms with Gasteiger partial charge in [-0.2, -0.15) is 0 Å². The Morgan fingerprint density at radius 1 is 1.20 bits per heavy atom. The number of esters is 1. The van der Waals surface area contributed by atoms with Gasteiger partial charge in [-0.05, 0) is 57.4 Å². The third kappa shape index (κ3) is 4.98. The lowest BCUT2D eigenvalue weighted by Crippen LogP contribution is -2.42. The van der Waals surface area contributed by atoms with E-state index in [2.05, 4.69) is 0 Å². The van der Waals surface area contributed by atoms with E-state index in [1.165, 1.54) is 4.90 Å². The number of hydrogen-bond donors (Lipinski definition) is 1. The zero-order valence-electron chi connectivity index (χ0n) is 15.2.